The van der Waals surface area contributed by atoms with Gasteiger partial charge in [0.05, 0.1) is 12.9 Å². The minimum absolute atomic E-state index is 0.517. The molecule has 0 spiro atoms. The van der Waals surface area contributed by atoms with Crippen LogP contribution in [0.2, 0.25) is 0 Å². The first kappa shape index (κ1) is 9.35. The molecule has 0 aromatic carbocycles. The molecule has 0 fully saturated rings. The Morgan fingerprint density at radius 1 is 1.50 bits per heavy atom. The van der Waals surface area contributed by atoms with Crippen molar-refractivity contribution in [3.8, 4) is 0 Å². The van der Waals surface area contributed by atoms with Gasteiger partial charge in [-0.2, -0.15) is 0 Å². The average Bonchev–Trinajstić information content (AvgIpc) is 2.03. The van der Waals surface area contributed by atoms with Crippen molar-refractivity contribution in [1.82, 2.24) is 0 Å². The fourth-order valence-electron chi connectivity index (χ4n) is 1.44. The molecule has 2 N–H and O–H groups in total. The van der Waals surface area contributed by atoms with Crippen LogP contribution in [-0.4, -0.2) is 24.3 Å². The summed E-state index contributed by atoms with van der Waals surface area (Å²) in [5, 5.41) is 18.1. The van der Waals surface area contributed by atoms with Gasteiger partial charge in [0.2, 0.25) is 0 Å². The fourth-order valence-corrected chi connectivity index (χ4v) is 1.44. The number of hydrogen-bond acceptors (Lipinski definition) is 3. The van der Waals surface area contributed by atoms with Crippen LogP contribution in [0.4, 0.5) is 0 Å². The van der Waals surface area contributed by atoms with Gasteiger partial charge in [0.15, 0.2) is 0 Å². The number of hydrogen-bond donors (Lipinski definition) is 2. The molecule has 1 aliphatic rings. The van der Waals surface area contributed by atoms with Crippen molar-refractivity contribution < 1.29 is 14.8 Å². The summed E-state index contributed by atoms with van der Waals surface area (Å²) in [6, 6.07) is 0. The smallest absolute Gasteiger partial charge is 0.492 e. The first-order valence-electron chi connectivity index (χ1n) is 3.97. The molecule has 0 aliphatic heterocycles. The van der Waals surface area contributed by atoms with Gasteiger partial charge in [0, 0.05) is 11.9 Å². The normalized spacial score (nSPS) is 17.5. The van der Waals surface area contributed by atoms with E-state index in [1.54, 1.807) is 7.11 Å². The highest BCUT2D eigenvalue weighted by Crippen LogP contribution is 2.25. The number of ether oxygens (including phenoxy) is 1. The second-order valence-electron chi connectivity index (χ2n) is 2.84. The Morgan fingerprint density at radius 3 is 2.58 bits per heavy atom. The lowest BCUT2D eigenvalue weighted by atomic mass is 9.72. The Labute approximate surface area is 72.5 Å². The molecule has 4 heteroatoms. The Kier molecular flexibility index (Phi) is 2.95. The predicted octanol–water partition coefficient (Wildman–Crippen LogP) is 0.639. The van der Waals surface area contributed by atoms with Crippen LogP contribution < -0.4 is 0 Å². The van der Waals surface area contributed by atoms with Crippen molar-refractivity contribution in [2.75, 3.05) is 7.11 Å². The van der Waals surface area contributed by atoms with Gasteiger partial charge in [-0.3, -0.25) is 0 Å². The summed E-state index contributed by atoms with van der Waals surface area (Å²) in [6.45, 7) is 1.85. The SMILES string of the molecule is COC1=C(B(O)O)C(C)=CCC1. The summed E-state index contributed by atoms with van der Waals surface area (Å²) in [5.74, 6) is 0.685. The highest BCUT2D eigenvalue weighted by atomic mass is 16.5. The topological polar surface area (TPSA) is 49.7 Å². The van der Waals surface area contributed by atoms with Crippen LogP contribution in [0.3, 0.4) is 0 Å². The van der Waals surface area contributed by atoms with Crippen molar-refractivity contribution in [1.29, 1.82) is 0 Å². The van der Waals surface area contributed by atoms with Gasteiger partial charge in [-0.25, -0.2) is 0 Å². The Balaban J connectivity index is 2.98. The van der Waals surface area contributed by atoms with Crippen molar-refractivity contribution in [3.05, 3.63) is 22.9 Å². The monoisotopic (exact) mass is 168 g/mol. The first-order chi connectivity index (χ1) is 5.66. The standard InChI is InChI=1S/C8H13BO3/c1-6-4-3-5-7(12-2)8(6)9(10)11/h4,10-11H,3,5H2,1-2H3. The van der Waals surface area contributed by atoms with Crippen molar-refractivity contribution in [2.24, 2.45) is 0 Å². The lowest BCUT2D eigenvalue weighted by molar-refractivity contribution is 0.271. The van der Waals surface area contributed by atoms with Gasteiger partial charge in [-0.05, 0) is 13.3 Å². The van der Waals surface area contributed by atoms with Gasteiger partial charge >= 0.3 is 7.12 Å². The zero-order valence-corrected chi connectivity index (χ0v) is 7.37. The van der Waals surface area contributed by atoms with E-state index in [-0.39, 0.29) is 0 Å². The van der Waals surface area contributed by atoms with Crippen LogP contribution in [0.5, 0.6) is 0 Å². The molecular formula is C8H13BO3. The van der Waals surface area contributed by atoms with Gasteiger partial charge < -0.3 is 14.8 Å². The molecule has 1 aliphatic carbocycles. The van der Waals surface area contributed by atoms with Crippen LogP contribution in [0, 0.1) is 0 Å². The van der Waals surface area contributed by atoms with E-state index in [0.717, 1.165) is 18.4 Å². The maximum Gasteiger partial charge on any atom is 0.492 e. The number of methoxy groups -OCH3 is 1. The molecule has 0 radical (unpaired) electrons. The lowest BCUT2D eigenvalue weighted by Gasteiger charge is -2.18. The summed E-state index contributed by atoms with van der Waals surface area (Å²) in [5.41, 5.74) is 1.41. The highest BCUT2D eigenvalue weighted by Gasteiger charge is 2.24. The van der Waals surface area contributed by atoms with Crippen LogP contribution in [0.15, 0.2) is 22.9 Å². The fraction of sp³-hybridized carbons (Fsp3) is 0.500. The Morgan fingerprint density at radius 2 is 2.17 bits per heavy atom. The van der Waals surface area contributed by atoms with Gasteiger partial charge in [0.1, 0.15) is 0 Å². The summed E-state index contributed by atoms with van der Waals surface area (Å²) in [6.07, 6.45) is 3.64. The third-order valence-corrected chi connectivity index (χ3v) is 2.05. The van der Waals surface area contributed by atoms with E-state index in [9.17, 15) is 0 Å². The van der Waals surface area contributed by atoms with E-state index in [1.165, 1.54) is 0 Å². The molecule has 0 aromatic heterocycles. The summed E-state index contributed by atoms with van der Waals surface area (Å²) in [4.78, 5) is 0. The van der Waals surface area contributed by atoms with Crippen molar-refractivity contribution in [3.63, 3.8) is 0 Å². The first-order valence-corrected chi connectivity index (χ1v) is 3.97. The molecule has 0 atom stereocenters. The summed E-state index contributed by atoms with van der Waals surface area (Å²) < 4.78 is 5.05. The van der Waals surface area contributed by atoms with Crippen LogP contribution in [-0.2, 0) is 4.74 Å². The van der Waals surface area contributed by atoms with E-state index in [2.05, 4.69) is 0 Å². The van der Waals surface area contributed by atoms with E-state index in [0.29, 0.717) is 11.2 Å². The molecule has 0 heterocycles. The molecule has 0 amide bonds. The summed E-state index contributed by atoms with van der Waals surface area (Å²) >= 11 is 0. The van der Waals surface area contributed by atoms with E-state index < -0.39 is 7.12 Å². The molecule has 0 saturated heterocycles. The second kappa shape index (κ2) is 3.78. The maximum absolute atomic E-state index is 9.03. The summed E-state index contributed by atoms with van der Waals surface area (Å²) in [7, 11) is 0.132. The molecule has 12 heavy (non-hydrogen) atoms. The number of allylic oxidation sites excluding steroid dienone is 4. The molecule has 0 aromatic rings. The molecule has 0 saturated carbocycles. The van der Waals surface area contributed by atoms with E-state index in [4.69, 9.17) is 14.8 Å². The third kappa shape index (κ3) is 1.71. The molecule has 1 rings (SSSR count). The molecule has 0 bridgehead atoms. The van der Waals surface area contributed by atoms with Crippen molar-refractivity contribution >= 4 is 7.12 Å². The maximum atomic E-state index is 9.03. The number of rotatable bonds is 2. The average molecular weight is 168 g/mol. The van der Waals surface area contributed by atoms with Gasteiger partial charge in [0.25, 0.3) is 0 Å². The van der Waals surface area contributed by atoms with Crippen LogP contribution in [0.1, 0.15) is 19.8 Å². The van der Waals surface area contributed by atoms with E-state index >= 15 is 0 Å². The quantitative estimate of drug-likeness (QED) is 0.594. The Bertz CT molecular complexity index is 230. The van der Waals surface area contributed by atoms with Crippen molar-refractivity contribution in [2.45, 2.75) is 19.8 Å². The zero-order valence-electron chi connectivity index (χ0n) is 7.37. The minimum atomic E-state index is -1.42. The van der Waals surface area contributed by atoms with E-state index in [1.807, 2.05) is 13.0 Å². The van der Waals surface area contributed by atoms with Crippen LogP contribution >= 0.6 is 0 Å². The van der Waals surface area contributed by atoms with Gasteiger partial charge in [-0.1, -0.05) is 11.6 Å². The third-order valence-electron chi connectivity index (χ3n) is 2.05. The minimum Gasteiger partial charge on any atom is -0.501 e. The molecule has 66 valence electrons. The Hall–Kier alpha value is -0.735. The lowest BCUT2D eigenvalue weighted by Crippen LogP contribution is -2.20. The van der Waals surface area contributed by atoms with Crippen LogP contribution in [0.25, 0.3) is 0 Å². The zero-order chi connectivity index (χ0) is 9.14. The molecule has 3 nitrogen and oxygen atoms in total. The second-order valence-corrected chi connectivity index (χ2v) is 2.84. The highest BCUT2D eigenvalue weighted by molar-refractivity contribution is 6.52. The molecular weight excluding hydrogens is 155 g/mol. The largest absolute Gasteiger partial charge is 0.501 e. The van der Waals surface area contributed by atoms with Gasteiger partial charge in [-0.15, -0.1) is 0 Å². The molecule has 0 unspecified atom stereocenters. The predicted molar refractivity (Wildman–Crippen MR) is 47.2 cm³/mol.